The minimum atomic E-state index is -0.281. The number of H-pyrrole nitrogens is 1. The fourth-order valence-electron chi connectivity index (χ4n) is 3.39. The van der Waals surface area contributed by atoms with E-state index in [1.807, 2.05) is 27.7 Å². The van der Waals surface area contributed by atoms with E-state index in [1.165, 1.54) is 0 Å². The fourth-order valence-corrected chi connectivity index (χ4v) is 3.39. The number of hydrogen-bond donors (Lipinski definition) is 2. The van der Waals surface area contributed by atoms with Crippen LogP contribution in [0.3, 0.4) is 0 Å². The molecule has 2 N–H and O–H groups in total. The van der Waals surface area contributed by atoms with Crippen LogP contribution in [-0.4, -0.2) is 54.3 Å². The Labute approximate surface area is 158 Å². The van der Waals surface area contributed by atoms with Gasteiger partial charge in [-0.15, -0.1) is 0 Å². The molecule has 2 aromatic heterocycles. The molecule has 0 spiro atoms. The normalized spacial score (nSPS) is 19.7. The number of aryl methyl sites for hydroxylation is 2. The van der Waals surface area contributed by atoms with Gasteiger partial charge in [0.2, 0.25) is 5.91 Å². The molecule has 2 amide bonds. The lowest BCUT2D eigenvalue weighted by Gasteiger charge is -2.21. The zero-order valence-electron chi connectivity index (χ0n) is 16.3. The number of nitrogens with zero attached hydrogens (tertiary/aromatic N) is 5. The summed E-state index contributed by atoms with van der Waals surface area (Å²) in [7, 11) is 0. The summed E-state index contributed by atoms with van der Waals surface area (Å²) in [5.74, 6) is 1.44. The summed E-state index contributed by atoms with van der Waals surface area (Å²) in [6.07, 6.45) is 4.39. The molecule has 146 valence electrons. The van der Waals surface area contributed by atoms with Crippen LogP contribution in [0.4, 0.5) is 0 Å². The van der Waals surface area contributed by atoms with Gasteiger partial charge in [-0.3, -0.25) is 19.4 Å². The zero-order valence-corrected chi connectivity index (χ0v) is 16.3. The number of rotatable bonds is 6. The van der Waals surface area contributed by atoms with Crippen molar-refractivity contribution in [2.45, 2.75) is 59.2 Å². The first-order valence-electron chi connectivity index (χ1n) is 9.39. The van der Waals surface area contributed by atoms with Crippen molar-refractivity contribution in [3.8, 4) is 0 Å². The summed E-state index contributed by atoms with van der Waals surface area (Å²) in [6.45, 7) is 8.94. The van der Waals surface area contributed by atoms with Crippen molar-refractivity contribution >= 4 is 11.8 Å². The minimum Gasteiger partial charge on any atom is -0.351 e. The maximum absolute atomic E-state index is 13.1. The number of carbonyl (C=O) groups excluding carboxylic acids is 2. The van der Waals surface area contributed by atoms with Gasteiger partial charge in [-0.05, 0) is 26.2 Å². The molecule has 1 saturated heterocycles. The van der Waals surface area contributed by atoms with Gasteiger partial charge in [0.05, 0.1) is 17.8 Å². The predicted molar refractivity (Wildman–Crippen MR) is 98.8 cm³/mol. The summed E-state index contributed by atoms with van der Waals surface area (Å²) in [4.78, 5) is 31.4. The third kappa shape index (κ3) is 4.35. The lowest BCUT2D eigenvalue weighted by molar-refractivity contribution is -0.122. The molecular weight excluding hydrogens is 346 g/mol. The summed E-state index contributed by atoms with van der Waals surface area (Å²) >= 11 is 0. The molecule has 0 saturated carbocycles. The zero-order chi connectivity index (χ0) is 19.6. The van der Waals surface area contributed by atoms with Gasteiger partial charge in [0.15, 0.2) is 5.82 Å². The van der Waals surface area contributed by atoms with E-state index < -0.39 is 0 Å². The van der Waals surface area contributed by atoms with Crippen molar-refractivity contribution in [2.75, 3.05) is 6.54 Å². The molecule has 3 rings (SSSR count). The quantitative estimate of drug-likeness (QED) is 0.796. The number of aromatic amines is 1. The number of nitrogens with one attached hydrogen (secondary N) is 2. The van der Waals surface area contributed by atoms with Crippen molar-refractivity contribution in [3.63, 3.8) is 0 Å². The molecule has 0 aromatic carbocycles. The Morgan fingerprint density at radius 3 is 2.78 bits per heavy atom. The van der Waals surface area contributed by atoms with Gasteiger partial charge < -0.3 is 10.2 Å². The van der Waals surface area contributed by atoms with Crippen molar-refractivity contribution < 1.29 is 9.59 Å². The van der Waals surface area contributed by atoms with E-state index in [0.717, 1.165) is 0 Å². The average Bonchev–Trinajstić information content (AvgIpc) is 3.32. The SMILES string of the molecule is CCn1cc(C(=O)N2C[C@@H](NC(=O)CC(C)C)C[C@H]2c2n[nH]c(C)n2)cn1. The van der Waals surface area contributed by atoms with Crippen LogP contribution >= 0.6 is 0 Å². The topological polar surface area (TPSA) is 109 Å². The molecule has 1 aliphatic heterocycles. The Morgan fingerprint density at radius 2 is 2.19 bits per heavy atom. The molecule has 9 heteroatoms. The molecule has 1 aliphatic rings. The minimum absolute atomic E-state index is 0.00743. The van der Waals surface area contributed by atoms with E-state index in [9.17, 15) is 9.59 Å². The third-order valence-electron chi connectivity index (χ3n) is 4.64. The van der Waals surface area contributed by atoms with Crippen molar-refractivity contribution in [1.29, 1.82) is 0 Å². The molecule has 0 bridgehead atoms. The molecule has 0 radical (unpaired) electrons. The molecule has 9 nitrogen and oxygen atoms in total. The largest absolute Gasteiger partial charge is 0.351 e. The molecule has 27 heavy (non-hydrogen) atoms. The fraction of sp³-hybridized carbons (Fsp3) is 0.611. The van der Waals surface area contributed by atoms with Crippen LogP contribution in [0.1, 0.15) is 61.7 Å². The van der Waals surface area contributed by atoms with E-state index >= 15 is 0 Å². The first-order valence-corrected chi connectivity index (χ1v) is 9.39. The first kappa shape index (κ1) is 19.1. The lowest BCUT2D eigenvalue weighted by Crippen LogP contribution is -2.39. The van der Waals surface area contributed by atoms with Gasteiger partial charge in [0.25, 0.3) is 5.91 Å². The highest BCUT2D eigenvalue weighted by Crippen LogP contribution is 2.31. The van der Waals surface area contributed by atoms with Crippen LogP contribution in [0.15, 0.2) is 12.4 Å². The van der Waals surface area contributed by atoms with E-state index in [2.05, 4.69) is 25.6 Å². The second-order valence-corrected chi connectivity index (χ2v) is 7.44. The van der Waals surface area contributed by atoms with Crippen LogP contribution in [0.25, 0.3) is 0 Å². The maximum atomic E-state index is 13.1. The van der Waals surface area contributed by atoms with Crippen molar-refractivity contribution in [2.24, 2.45) is 5.92 Å². The second-order valence-electron chi connectivity index (χ2n) is 7.44. The molecule has 1 fully saturated rings. The van der Waals surface area contributed by atoms with Gasteiger partial charge in [-0.25, -0.2) is 4.98 Å². The summed E-state index contributed by atoms with van der Waals surface area (Å²) < 4.78 is 1.72. The molecule has 0 unspecified atom stereocenters. The van der Waals surface area contributed by atoms with Gasteiger partial charge in [-0.2, -0.15) is 10.2 Å². The molecule has 3 heterocycles. The number of hydrogen-bond acceptors (Lipinski definition) is 5. The van der Waals surface area contributed by atoms with E-state index in [0.29, 0.717) is 43.1 Å². The van der Waals surface area contributed by atoms with Crippen LogP contribution < -0.4 is 5.32 Å². The highest BCUT2D eigenvalue weighted by atomic mass is 16.2. The van der Waals surface area contributed by atoms with Gasteiger partial charge in [0.1, 0.15) is 5.82 Å². The highest BCUT2D eigenvalue weighted by Gasteiger charge is 2.39. The average molecular weight is 373 g/mol. The van der Waals surface area contributed by atoms with Crippen molar-refractivity contribution in [3.05, 3.63) is 29.6 Å². The summed E-state index contributed by atoms with van der Waals surface area (Å²) in [5.41, 5.74) is 0.531. The first-order chi connectivity index (χ1) is 12.9. The second kappa shape index (κ2) is 7.89. The van der Waals surface area contributed by atoms with Gasteiger partial charge in [-0.1, -0.05) is 13.8 Å². The monoisotopic (exact) mass is 373 g/mol. The third-order valence-corrected chi connectivity index (χ3v) is 4.64. The van der Waals surface area contributed by atoms with Crippen LogP contribution in [0, 0.1) is 12.8 Å². The lowest BCUT2D eigenvalue weighted by atomic mass is 10.1. The number of amides is 2. The van der Waals surface area contributed by atoms with E-state index in [1.54, 1.807) is 22.0 Å². The number of carbonyl (C=O) groups is 2. The smallest absolute Gasteiger partial charge is 0.257 e. The van der Waals surface area contributed by atoms with Crippen LogP contribution in [-0.2, 0) is 11.3 Å². The maximum Gasteiger partial charge on any atom is 0.257 e. The Kier molecular flexibility index (Phi) is 5.57. The molecule has 2 aromatic rings. The molecule has 2 atom stereocenters. The van der Waals surface area contributed by atoms with Gasteiger partial charge in [0, 0.05) is 31.7 Å². The molecule has 0 aliphatic carbocycles. The van der Waals surface area contributed by atoms with E-state index in [-0.39, 0.29) is 29.8 Å². The Bertz CT molecular complexity index is 810. The van der Waals surface area contributed by atoms with Crippen molar-refractivity contribution in [1.82, 2.24) is 35.2 Å². The number of likely N-dealkylation sites (tertiary alicyclic amines) is 1. The highest BCUT2D eigenvalue weighted by molar-refractivity contribution is 5.94. The molecular formula is C18H27N7O2. The summed E-state index contributed by atoms with van der Waals surface area (Å²) in [5, 5.41) is 14.3. The van der Waals surface area contributed by atoms with E-state index in [4.69, 9.17) is 0 Å². The van der Waals surface area contributed by atoms with Crippen LogP contribution in [0.2, 0.25) is 0 Å². The predicted octanol–water partition coefficient (Wildman–Crippen LogP) is 1.45. The van der Waals surface area contributed by atoms with Crippen LogP contribution in [0.5, 0.6) is 0 Å². The van der Waals surface area contributed by atoms with Gasteiger partial charge >= 0.3 is 0 Å². The summed E-state index contributed by atoms with van der Waals surface area (Å²) in [6, 6.07) is -0.401. The Morgan fingerprint density at radius 1 is 1.41 bits per heavy atom. The standard InChI is InChI=1S/C18H27N7O2/c1-5-24-9-13(8-19-24)18(27)25-10-14(21-16(26)6-11(2)3)7-15(25)17-20-12(4)22-23-17/h8-9,11,14-15H,5-7,10H2,1-4H3,(H,21,26)(H,20,22,23)/t14-,15-/m0/s1. The Balaban J connectivity index is 1.79. The Hall–Kier alpha value is -2.71. The number of aromatic nitrogens is 5.